The number of hydrogen-bond donors (Lipinski definition) is 6. The first-order chi connectivity index (χ1) is 12.3. The standard InChI is InChI=1S/C15H22N8O3.ClH/c1-22-7-9(16)5-11(22)14(25)20-10-6-12(23(2)8-10)13(24)18-3-4-19-15(17)21-26;/h5-8,26H,3-4,16H2,1-2H3,(H,18,24)(H,20,25)(H3,17,19,21);1H. The van der Waals surface area contributed by atoms with Crippen LogP contribution in [0.15, 0.2) is 29.5 Å². The van der Waals surface area contributed by atoms with E-state index in [1.54, 1.807) is 53.2 Å². The van der Waals surface area contributed by atoms with Crippen molar-refractivity contribution in [3.05, 3.63) is 35.9 Å². The number of carbonyl (C=O) groups is 2. The number of aryl methyl sites for hydroxylation is 2. The third-order valence-electron chi connectivity index (χ3n) is 3.55. The number of hydrogen-bond acceptors (Lipinski definition) is 5. The molecule has 0 spiro atoms. The van der Waals surface area contributed by atoms with Crippen LogP contribution in [-0.2, 0) is 14.1 Å². The summed E-state index contributed by atoms with van der Waals surface area (Å²) in [7, 11) is 3.41. The van der Waals surface area contributed by atoms with Crippen LogP contribution in [0.3, 0.4) is 0 Å². The molecular formula is C15H23ClN8O3. The van der Waals surface area contributed by atoms with E-state index in [2.05, 4.69) is 15.6 Å². The quantitative estimate of drug-likeness (QED) is 0.168. The highest BCUT2D eigenvalue weighted by atomic mass is 35.5. The van der Waals surface area contributed by atoms with Gasteiger partial charge in [-0.05, 0) is 12.1 Å². The predicted molar refractivity (Wildman–Crippen MR) is 104 cm³/mol. The van der Waals surface area contributed by atoms with Gasteiger partial charge in [-0.2, -0.15) is 0 Å². The van der Waals surface area contributed by atoms with E-state index >= 15 is 0 Å². The molecule has 148 valence electrons. The van der Waals surface area contributed by atoms with Crippen LogP contribution in [0.5, 0.6) is 0 Å². The summed E-state index contributed by atoms with van der Waals surface area (Å²) in [4.78, 5) is 28.2. The Balaban J connectivity index is 0.00000364. The Morgan fingerprint density at radius 2 is 1.78 bits per heavy atom. The third-order valence-corrected chi connectivity index (χ3v) is 3.55. The molecule has 8 N–H and O–H groups in total. The Morgan fingerprint density at radius 1 is 1.15 bits per heavy atom. The lowest BCUT2D eigenvalue weighted by Crippen LogP contribution is -2.31. The Bertz CT molecular complexity index is 842. The smallest absolute Gasteiger partial charge is 0.272 e. The van der Waals surface area contributed by atoms with Crippen molar-refractivity contribution in [2.24, 2.45) is 24.8 Å². The summed E-state index contributed by atoms with van der Waals surface area (Å²) in [5, 5.41) is 13.9. The minimum absolute atomic E-state index is 0. The van der Waals surface area contributed by atoms with Crippen molar-refractivity contribution in [2.75, 3.05) is 24.1 Å². The number of halogens is 1. The zero-order valence-electron chi connectivity index (χ0n) is 14.9. The fraction of sp³-hybridized carbons (Fsp3) is 0.267. The van der Waals surface area contributed by atoms with Gasteiger partial charge in [0.15, 0.2) is 0 Å². The van der Waals surface area contributed by atoms with E-state index in [0.29, 0.717) is 22.8 Å². The fourth-order valence-corrected chi connectivity index (χ4v) is 2.34. The summed E-state index contributed by atoms with van der Waals surface area (Å²) in [6.45, 7) is 0.435. The van der Waals surface area contributed by atoms with Gasteiger partial charge in [-0.15, -0.1) is 12.4 Å². The fourth-order valence-electron chi connectivity index (χ4n) is 2.34. The van der Waals surface area contributed by atoms with Crippen LogP contribution >= 0.6 is 12.4 Å². The van der Waals surface area contributed by atoms with Crippen molar-refractivity contribution in [2.45, 2.75) is 0 Å². The van der Waals surface area contributed by atoms with Crippen molar-refractivity contribution in [3.63, 3.8) is 0 Å². The van der Waals surface area contributed by atoms with Crippen LogP contribution < -0.4 is 27.6 Å². The van der Waals surface area contributed by atoms with E-state index in [-0.39, 0.29) is 43.3 Å². The maximum atomic E-state index is 12.3. The van der Waals surface area contributed by atoms with E-state index < -0.39 is 0 Å². The van der Waals surface area contributed by atoms with E-state index in [9.17, 15) is 9.59 Å². The van der Waals surface area contributed by atoms with Crippen LogP contribution in [-0.4, -0.2) is 45.2 Å². The van der Waals surface area contributed by atoms with E-state index in [0.717, 1.165) is 0 Å². The van der Waals surface area contributed by atoms with Crippen LogP contribution in [0.25, 0.3) is 0 Å². The minimum atomic E-state index is -0.332. The van der Waals surface area contributed by atoms with Crippen LogP contribution in [0, 0.1) is 0 Å². The first-order valence-electron chi connectivity index (χ1n) is 7.69. The van der Waals surface area contributed by atoms with E-state index in [1.165, 1.54) is 0 Å². The summed E-state index contributed by atoms with van der Waals surface area (Å²) in [6.07, 6.45) is 3.27. The molecule has 2 rings (SSSR count). The summed E-state index contributed by atoms with van der Waals surface area (Å²) in [5.74, 6) is -0.797. The number of nitrogens with two attached hydrogens (primary N) is 2. The van der Waals surface area contributed by atoms with Crippen molar-refractivity contribution in [1.29, 1.82) is 0 Å². The largest absolute Gasteiger partial charge is 0.397 e. The van der Waals surface area contributed by atoms with Crippen LogP contribution in [0.4, 0.5) is 11.4 Å². The molecule has 2 amide bonds. The molecule has 0 radical (unpaired) electrons. The predicted octanol–water partition coefficient (Wildman–Crippen LogP) is -0.357. The number of nitrogens with zero attached hydrogens (tertiary/aromatic N) is 3. The summed E-state index contributed by atoms with van der Waals surface area (Å²) in [6, 6.07) is 3.13. The highest BCUT2D eigenvalue weighted by Gasteiger charge is 2.15. The van der Waals surface area contributed by atoms with E-state index in [1.807, 2.05) is 0 Å². The van der Waals surface area contributed by atoms with Gasteiger partial charge >= 0.3 is 0 Å². The normalized spacial score (nSPS) is 10.9. The van der Waals surface area contributed by atoms with E-state index in [4.69, 9.17) is 16.7 Å². The van der Waals surface area contributed by atoms with Gasteiger partial charge in [-0.1, -0.05) is 0 Å². The number of carbonyl (C=O) groups excluding carboxylic acids is 2. The number of rotatable bonds is 6. The number of nitrogens with one attached hydrogen (secondary N) is 3. The van der Waals surface area contributed by atoms with Gasteiger partial charge in [0.05, 0.1) is 17.9 Å². The molecule has 2 heterocycles. The number of nitrogen functional groups attached to an aromatic ring is 1. The molecule has 0 bridgehead atoms. The highest BCUT2D eigenvalue weighted by molar-refractivity contribution is 6.04. The lowest BCUT2D eigenvalue weighted by Gasteiger charge is -2.04. The second-order valence-electron chi connectivity index (χ2n) is 5.58. The maximum absolute atomic E-state index is 12.3. The first-order valence-corrected chi connectivity index (χ1v) is 7.69. The number of aliphatic imine (C=N–C) groups is 1. The van der Waals surface area contributed by atoms with Gasteiger partial charge < -0.3 is 31.2 Å². The number of amides is 2. The molecule has 12 heteroatoms. The number of anilines is 2. The Morgan fingerprint density at radius 3 is 2.37 bits per heavy atom. The molecule has 0 fully saturated rings. The van der Waals surface area contributed by atoms with Crippen molar-refractivity contribution in [3.8, 4) is 0 Å². The lowest BCUT2D eigenvalue weighted by molar-refractivity contribution is 0.0945. The molecule has 0 aliphatic rings. The minimum Gasteiger partial charge on any atom is -0.397 e. The van der Waals surface area contributed by atoms with Gasteiger partial charge in [0, 0.05) is 33.0 Å². The van der Waals surface area contributed by atoms with Gasteiger partial charge in [0.1, 0.15) is 11.4 Å². The molecular weight excluding hydrogens is 376 g/mol. The highest BCUT2D eigenvalue weighted by Crippen LogP contribution is 2.16. The van der Waals surface area contributed by atoms with Crippen molar-refractivity contribution < 1.29 is 14.8 Å². The molecule has 0 atom stereocenters. The van der Waals surface area contributed by atoms with Crippen LogP contribution in [0.2, 0.25) is 0 Å². The van der Waals surface area contributed by atoms with Gasteiger partial charge in [-0.3, -0.25) is 14.8 Å². The molecule has 0 aliphatic heterocycles. The molecule has 2 aromatic heterocycles. The molecule has 0 unspecified atom stereocenters. The molecule has 11 nitrogen and oxygen atoms in total. The molecule has 27 heavy (non-hydrogen) atoms. The topological polar surface area (TPSA) is 165 Å². The number of guanidine groups is 1. The molecule has 0 saturated heterocycles. The zero-order chi connectivity index (χ0) is 19.3. The average molecular weight is 399 g/mol. The lowest BCUT2D eigenvalue weighted by atomic mass is 10.3. The molecule has 2 aromatic rings. The zero-order valence-corrected chi connectivity index (χ0v) is 15.7. The summed E-state index contributed by atoms with van der Waals surface area (Å²) >= 11 is 0. The first kappa shape index (κ1) is 21.9. The van der Waals surface area contributed by atoms with Gasteiger partial charge in [0.25, 0.3) is 11.8 Å². The summed E-state index contributed by atoms with van der Waals surface area (Å²) in [5.41, 5.74) is 14.4. The van der Waals surface area contributed by atoms with Gasteiger partial charge in [-0.25, -0.2) is 10.5 Å². The van der Waals surface area contributed by atoms with Crippen molar-refractivity contribution in [1.82, 2.24) is 19.9 Å². The average Bonchev–Trinajstić information content (AvgIpc) is 3.12. The molecule has 0 saturated carbocycles. The monoisotopic (exact) mass is 398 g/mol. The molecule has 0 aromatic carbocycles. The van der Waals surface area contributed by atoms with Crippen LogP contribution in [0.1, 0.15) is 21.0 Å². The Kier molecular flexibility index (Phi) is 7.69. The van der Waals surface area contributed by atoms with Crippen molar-refractivity contribution >= 4 is 41.6 Å². The summed E-state index contributed by atoms with van der Waals surface area (Å²) < 4.78 is 3.21. The Labute approximate surface area is 161 Å². The number of aromatic nitrogens is 2. The third kappa shape index (κ3) is 5.66. The second-order valence-corrected chi connectivity index (χ2v) is 5.58. The maximum Gasteiger partial charge on any atom is 0.272 e. The van der Waals surface area contributed by atoms with Gasteiger partial charge in [0.2, 0.25) is 5.96 Å². The number of hydroxylamine groups is 1. The SMILES string of the molecule is Cl.Cn1cc(NC(=O)c2cc(N)cn2C)cc1C(=O)NCCN=C(N)NO. The molecule has 0 aliphatic carbocycles. The Hall–Kier alpha value is -3.18. The second kappa shape index (κ2) is 9.50.